The minimum absolute atomic E-state index is 0.0858. The summed E-state index contributed by atoms with van der Waals surface area (Å²) in [4.78, 5) is 29.2. The summed E-state index contributed by atoms with van der Waals surface area (Å²) in [5.41, 5.74) is 0.650. The fourth-order valence-electron chi connectivity index (χ4n) is 2.88. The molecule has 1 aliphatic heterocycles. The molecule has 0 atom stereocenters. The van der Waals surface area contributed by atoms with Gasteiger partial charge in [-0.05, 0) is 56.1 Å². The lowest BCUT2D eigenvalue weighted by atomic mass is 9.97. The van der Waals surface area contributed by atoms with Crippen LogP contribution in [0.1, 0.15) is 47.3 Å². The average molecular weight is 373 g/mol. The highest BCUT2D eigenvalue weighted by Crippen LogP contribution is 2.31. The molecule has 1 aromatic carbocycles. The quantitative estimate of drug-likeness (QED) is 0.729. The summed E-state index contributed by atoms with van der Waals surface area (Å²) in [6, 6.07) is 6.83. The number of aromatic nitrogens is 1. The third-order valence-electron chi connectivity index (χ3n) is 4.38. The highest BCUT2D eigenvalue weighted by Gasteiger charge is 2.18. The van der Waals surface area contributed by atoms with Gasteiger partial charge in [0.2, 0.25) is 0 Å². The fourth-order valence-corrected chi connectivity index (χ4v) is 3.89. The number of amides is 1. The average Bonchev–Trinajstić information content (AvgIpc) is 3.15. The van der Waals surface area contributed by atoms with Crippen LogP contribution in [0.3, 0.4) is 0 Å². The summed E-state index contributed by atoms with van der Waals surface area (Å²) >= 11 is 1.53. The van der Waals surface area contributed by atoms with Gasteiger partial charge in [-0.3, -0.25) is 14.9 Å². The van der Waals surface area contributed by atoms with E-state index in [0.717, 1.165) is 25.9 Å². The zero-order valence-electron chi connectivity index (χ0n) is 14.8. The van der Waals surface area contributed by atoms with Crippen LogP contribution in [-0.2, 0) is 4.79 Å². The largest absolute Gasteiger partial charge is 0.484 e. The van der Waals surface area contributed by atoms with Gasteiger partial charge in [-0.1, -0.05) is 6.92 Å². The van der Waals surface area contributed by atoms with E-state index in [1.54, 1.807) is 24.3 Å². The van der Waals surface area contributed by atoms with E-state index in [0.29, 0.717) is 28.8 Å². The highest BCUT2D eigenvalue weighted by atomic mass is 32.1. The summed E-state index contributed by atoms with van der Waals surface area (Å²) in [5, 5.41) is 6.74. The van der Waals surface area contributed by atoms with Gasteiger partial charge in [0.25, 0.3) is 5.91 Å². The van der Waals surface area contributed by atoms with E-state index < -0.39 is 0 Å². The number of hydrogen-bond donors (Lipinski definition) is 2. The molecule has 0 aliphatic carbocycles. The smallest absolute Gasteiger partial charge is 0.264 e. The molecule has 0 bridgehead atoms. The number of piperidine rings is 1. The van der Waals surface area contributed by atoms with Crippen LogP contribution in [0.4, 0.5) is 5.13 Å². The molecule has 1 amide bonds. The number of hydrogen-bond acceptors (Lipinski definition) is 6. The maximum Gasteiger partial charge on any atom is 0.264 e. The van der Waals surface area contributed by atoms with Crippen molar-refractivity contribution in [2.45, 2.75) is 32.1 Å². The minimum atomic E-state index is -0.245. The van der Waals surface area contributed by atoms with E-state index in [4.69, 9.17) is 4.74 Å². The van der Waals surface area contributed by atoms with Crippen LogP contribution in [0.2, 0.25) is 0 Å². The molecule has 1 aliphatic rings. The molecule has 7 heteroatoms. The number of thiazole rings is 1. The van der Waals surface area contributed by atoms with Crippen molar-refractivity contribution in [3.8, 4) is 5.75 Å². The summed E-state index contributed by atoms with van der Waals surface area (Å²) in [6.07, 6.45) is 4.54. The van der Waals surface area contributed by atoms with E-state index >= 15 is 0 Å². The van der Waals surface area contributed by atoms with Crippen LogP contribution in [0.25, 0.3) is 0 Å². The predicted molar refractivity (Wildman–Crippen MR) is 102 cm³/mol. The Bertz CT molecular complexity index is 752. The van der Waals surface area contributed by atoms with Gasteiger partial charge in [-0.25, -0.2) is 4.98 Å². The molecule has 6 nitrogen and oxygen atoms in total. The summed E-state index contributed by atoms with van der Waals surface area (Å²) in [7, 11) is 0. The van der Waals surface area contributed by atoms with Crippen molar-refractivity contribution in [3.05, 3.63) is 40.9 Å². The maximum atomic E-state index is 12.1. The molecule has 26 heavy (non-hydrogen) atoms. The number of ketones is 1. The van der Waals surface area contributed by atoms with Crippen molar-refractivity contribution >= 4 is 28.2 Å². The van der Waals surface area contributed by atoms with Gasteiger partial charge in [0.05, 0.1) is 0 Å². The second-order valence-corrected chi connectivity index (χ2v) is 7.29. The van der Waals surface area contributed by atoms with Gasteiger partial charge in [0.1, 0.15) is 5.75 Å². The number of carbonyl (C=O) groups is 2. The van der Waals surface area contributed by atoms with E-state index in [-0.39, 0.29) is 18.3 Å². The first-order chi connectivity index (χ1) is 12.7. The molecule has 0 radical (unpaired) electrons. The molecular formula is C19H23N3O3S. The van der Waals surface area contributed by atoms with Crippen molar-refractivity contribution < 1.29 is 14.3 Å². The van der Waals surface area contributed by atoms with Crippen molar-refractivity contribution in [2.24, 2.45) is 0 Å². The third-order valence-corrected chi connectivity index (χ3v) is 5.45. The van der Waals surface area contributed by atoms with Gasteiger partial charge < -0.3 is 10.1 Å². The Balaban J connectivity index is 1.48. The third kappa shape index (κ3) is 4.89. The normalized spacial score (nSPS) is 14.8. The molecule has 0 spiro atoms. The van der Waals surface area contributed by atoms with Crippen LogP contribution < -0.4 is 15.4 Å². The molecule has 2 heterocycles. The Hall–Kier alpha value is -2.25. The van der Waals surface area contributed by atoms with Crippen LogP contribution in [0.15, 0.2) is 30.5 Å². The van der Waals surface area contributed by atoms with E-state index in [1.165, 1.54) is 16.2 Å². The number of rotatable bonds is 7. The fraction of sp³-hybridized carbons (Fsp3) is 0.421. The molecule has 138 valence electrons. The van der Waals surface area contributed by atoms with Gasteiger partial charge in [-0.2, -0.15) is 0 Å². The summed E-state index contributed by atoms with van der Waals surface area (Å²) < 4.78 is 5.48. The first kappa shape index (κ1) is 18.5. The van der Waals surface area contributed by atoms with Gasteiger partial charge in [-0.15, -0.1) is 11.3 Å². The van der Waals surface area contributed by atoms with E-state index in [1.807, 2.05) is 13.1 Å². The number of carbonyl (C=O) groups excluding carboxylic acids is 2. The lowest BCUT2D eigenvalue weighted by Crippen LogP contribution is -2.26. The molecule has 2 aromatic rings. The Morgan fingerprint density at radius 3 is 2.69 bits per heavy atom. The standard InChI is InChI=1S/C19H23N3O3S/c1-2-16(23)13-3-5-15(6-4-13)25-12-18(24)22-19-21-11-17(26-19)14-7-9-20-10-8-14/h3-6,11,14,20H,2,7-10,12H2,1H3,(H,21,22,24). The molecule has 3 rings (SSSR count). The predicted octanol–water partition coefficient (Wildman–Crippen LogP) is 3.22. The number of benzene rings is 1. The Labute approximate surface area is 157 Å². The topological polar surface area (TPSA) is 80.3 Å². The van der Waals surface area contributed by atoms with Gasteiger partial charge in [0.15, 0.2) is 17.5 Å². The molecule has 1 aromatic heterocycles. The van der Waals surface area contributed by atoms with Crippen LogP contribution in [0, 0.1) is 0 Å². The molecule has 1 fully saturated rings. The minimum Gasteiger partial charge on any atom is -0.484 e. The van der Waals surface area contributed by atoms with E-state index in [2.05, 4.69) is 15.6 Å². The molecule has 1 saturated heterocycles. The molecule has 0 unspecified atom stereocenters. The first-order valence-corrected chi connectivity index (χ1v) is 9.69. The monoisotopic (exact) mass is 373 g/mol. The zero-order chi connectivity index (χ0) is 18.4. The molecular weight excluding hydrogens is 350 g/mol. The molecule has 2 N–H and O–H groups in total. The van der Waals surface area contributed by atoms with Crippen LogP contribution in [-0.4, -0.2) is 36.4 Å². The highest BCUT2D eigenvalue weighted by molar-refractivity contribution is 7.15. The van der Waals surface area contributed by atoms with Gasteiger partial charge in [0, 0.05) is 23.1 Å². The second kappa shape index (κ2) is 8.91. The second-order valence-electron chi connectivity index (χ2n) is 6.23. The summed E-state index contributed by atoms with van der Waals surface area (Å²) in [6.45, 7) is 3.79. The van der Waals surface area contributed by atoms with Crippen LogP contribution >= 0.6 is 11.3 Å². The lowest BCUT2D eigenvalue weighted by Gasteiger charge is -2.20. The van der Waals surface area contributed by atoms with E-state index in [9.17, 15) is 9.59 Å². The van der Waals surface area contributed by atoms with Crippen molar-refractivity contribution in [1.29, 1.82) is 0 Å². The van der Waals surface area contributed by atoms with Crippen molar-refractivity contribution in [3.63, 3.8) is 0 Å². The first-order valence-electron chi connectivity index (χ1n) is 8.88. The zero-order valence-corrected chi connectivity index (χ0v) is 15.6. The van der Waals surface area contributed by atoms with Crippen molar-refractivity contribution in [2.75, 3.05) is 25.0 Å². The summed E-state index contributed by atoms with van der Waals surface area (Å²) in [5.74, 6) is 0.926. The number of Topliss-reactive ketones (excluding diaryl/α,β-unsaturated/α-hetero) is 1. The molecule has 0 saturated carbocycles. The Morgan fingerprint density at radius 2 is 2.00 bits per heavy atom. The number of nitrogens with one attached hydrogen (secondary N) is 2. The number of nitrogens with zero attached hydrogens (tertiary/aromatic N) is 1. The number of anilines is 1. The van der Waals surface area contributed by atoms with Crippen molar-refractivity contribution in [1.82, 2.24) is 10.3 Å². The Morgan fingerprint density at radius 1 is 1.27 bits per heavy atom. The SMILES string of the molecule is CCC(=O)c1ccc(OCC(=O)Nc2ncc(C3CCNCC3)s2)cc1. The number of ether oxygens (including phenoxy) is 1. The maximum absolute atomic E-state index is 12.1. The van der Waals surface area contributed by atoms with Gasteiger partial charge >= 0.3 is 0 Å². The lowest BCUT2D eigenvalue weighted by molar-refractivity contribution is -0.118. The van der Waals surface area contributed by atoms with Crippen LogP contribution in [0.5, 0.6) is 5.75 Å². The Kier molecular flexibility index (Phi) is 6.35.